The van der Waals surface area contributed by atoms with E-state index in [0.29, 0.717) is 0 Å². The first-order valence-corrected chi connectivity index (χ1v) is 5.51. The fourth-order valence-electron chi connectivity index (χ4n) is 1.07. The molecule has 0 saturated heterocycles. The topological polar surface area (TPSA) is 64.6 Å². The normalized spacial score (nSPS) is 13.2. The second kappa shape index (κ2) is 6.93. The van der Waals surface area contributed by atoms with Crippen LogP contribution in [0.2, 0.25) is 0 Å². The Labute approximate surface area is 102 Å². The average molecular weight is 243 g/mol. The highest BCUT2D eigenvalue weighted by Crippen LogP contribution is 2.06. The lowest BCUT2D eigenvalue weighted by Crippen LogP contribution is -2.37. The minimum absolute atomic E-state index is 0.193. The maximum atomic E-state index is 11.4. The summed E-state index contributed by atoms with van der Waals surface area (Å²) in [5, 5.41) is 2.54. The third-order valence-corrected chi connectivity index (χ3v) is 1.57. The standard InChI is InChI=1S/C12H21NO4/c1-6-7-10(16-9(2)14)8-13-11(15)17-12(3,4)5/h6-7,10H,8H2,1-5H3,(H,13,15)/b7-6+/t10-/m1/s1. The summed E-state index contributed by atoms with van der Waals surface area (Å²) < 4.78 is 10.0. The number of allylic oxidation sites excluding steroid dienone is 1. The summed E-state index contributed by atoms with van der Waals surface area (Å²) in [6.45, 7) is 8.67. The van der Waals surface area contributed by atoms with Gasteiger partial charge in [-0.05, 0) is 33.8 Å². The van der Waals surface area contributed by atoms with Crippen molar-refractivity contribution < 1.29 is 19.1 Å². The summed E-state index contributed by atoms with van der Waals surface area (Å²) >= 11 is 0. The lowest BCUT2D eigenvalue weighted by atomic mass is 10.2. The highest BCUT2D eigenvalue weighted by atomic mass is 16.6. The van der Waals surface area contributed by atoms with Crippen LogP contribution in [0.4, 0.5) is 4.79 Å². The Morgan fingerprint density at radius 2 is 1.94 bits per heavy atom. The third kappa shape index (κ3) is 9.41. The summed E-state index contributed by atoms with van der Waals surface area (Å²) in [5.41, 5.74) is -0.540. The second-order valence-electron chi connectivity index (χ2n) is 4.56. The summed E-state index contributed by atoms with van der Waals surface area (Å²) in [6.07, 6.45) is 2.45. The van der Waals surface area contributed by atoms with Crippen molar-refractivity contribution in [1.82, 2.24) is 5.32 Å². The van der Waals surface area contributed by atoms with Crippen LogP contribution in [0.3, 0.4) is 0 Å². The van der Waals surface area contributed by atoms with Crippen molar-refractivity contribution >= 4 is 12.1 Å². The molecule has 0 aliphatic heterocycles. The van der Waals surface area contributed by atoms with Gasteiger partial charge in [0, 0.05) is 6.92 Å². The SMILES string of the molecule is C/C=C/[C@H](CNC(=O)OC(C)(C)C)OC(C)=O. The maximum Gasteiger partial charge on any atom is 0.407 e. The van der Waals surface area contributed by atoms with Gasteiger partial charge < -0.3 is 14.8 Å². The van der Waals surface area contributed by atoms with Crippen molar-refractivity contribution in [2.45, 2.75) is 46.3 Å². The molecule has 0 aliphatic carbocycles. The van der Waals surface area contributed by atoms with Crippen molar-refractivity contribution in [2.24, 2.45) is 0 Å². The maximum absolute atomic E-state index is 11.4. The Bertz CT molecular complexity index is 291. The molecule has 0 radical (unpaired) electrons. The predicted molar refractivity (Wildman–Crippen MR) is 64.6 cm³/mol. The molecule has 0 aromatic carbocycles. The molecule has 5 heteroatoms. The summed E-state index contributed by atoms with van der Waals surface area (Å²) in [5.74, 6) is -0.390. The number of alkyl carbamates (subject to hydrolysis) is 1. The molecule has 1 N–H and O–H groups in total. The van der Waals surface area contributed by atoms with Crippen LogP contribution < -0.4 is 5.32 Å². The highest BCUT2D eigenvalue weighted by molar-refractivity contribution is 5.68. The van der Waals surface area contributed by atoms with Crippen LogP contribution in [0.1, 0.15) is 34.6 Å². The zero-order valence-corrected chi connectivity index (χ0v) is 11.1. The molecule has 0 bridgehead atoms. The van der Waals surface area contributed by atoms with Crippen molar-refractivity contribution in [3.63, 3.8) is 0 Å². The minimum atomic E-state index is -0.540. The first kappa shape index (κ1) is 15.5. The fourth-order valence-corrected chi connectivity index (χ4v) is 1.07. The number of rotatable bonds is 4. The number of amides is 1. The van der Waals surface area contributed by atoms with Crippen LogP contribution in [0, 0.1) is 0 Å². The fraction of sp³-hybridized carbons (Fsp3) is 0.667. The molecule has 0 spiro atoms. The van der Waals surface area contributed by atoms with Gasteiger partial charge in [0.1, 0.15) is 11.7 Å². The Balaban J connectivity index is 4.12. The first-order valence-electron chi connectivity index (χ1n) is 5.51. The molecule has 0 aliphatic rings. The summed E-state index contributed by atoms with van der Waals surface area (Å²) in [4.78, 5) is 22.2. The van der Waals surface area contributed by atoms with Gasteiger partial charge in [0.05, 0.1) is 6.54 Å². The number of ether oxygens (including phenoxy) is 2. The Morgan fingerprint density at radius 3 is 2.35 bits per heavy atom. The summed E-state index contributed by atoms with van der Waals surface area (Å²) in [6, 6.07) is 0. The van der Waals surface area contributed by atoms with Crippen LogP contribution in [0.25, 0.3) is 0 Å². The zero-order valence-electron chi connectivity index (χ0n) is 11.1. The van der Waals surface area contributed by atoms with Crippen LogP contribution in [0.5, 0.6) is 0 Å². The van der Waals surface area contributed by atoms with Crippen LogP contribution in [0.15, 0.2) is 12.2 Å². The van der Waals surface area contributed by atoms with Gasteiger partial charge in [0.2, 0.25) is 0 Å². The van der Waals surface area contributed by atoms with E-state index in [0.717, 1.165) is 0 Å². The molecule has 0 unspecified atom stereocenters. The highest BCUT2D eigenvalue weighted by Gasteiger charge is 2.17. The van der Waals surface area contributed by atoms with Crippen molar-refractivity contribution in [1.29, 1.82) is 0 Å². The Kier molecular flexibility index (Phi) is 6.31. The Morgan fingerprint density at radius 1 is 1.35 bits per heavy atom. The van der Waals surface area contributed by atoms with E-state index in [1.165, 1.54) is 6.92 Å². The molecule has 0 saturated carbocycles. The van der Waals surface area contributed by atoms with Crippen molar-refractivity contribution in [3.8, 4) is 0 Å². The quantitative estimate of drug-likeness (QED) is 0.606. The number of hydrogen-bond donors (Lipinski definition) is 1. The monoisotopic (exact) mass is 243 g/mol. The van der Waals surface area contributed by atoms with E-state index in [-0.39, 0.29) is 12.5 Å². The molecule has 1 amide bonds. The van der Waals surface area contributed by atoms with E-state index in [1.807, 2.05) is 6.92 Å². The van der Waals surface area contributed by atoms with Crippen LogP contribution in [-0.2, 0) is 14.3 Å². The van der Waals surface area contributed by atoms with Crippen molar-refractivity contribution in [2.75, 3.05) is 6.54 Å². The molecule has 0 aromatic heterocycles. The average Bonchev–Trinajstić information content (AvgIpc) is 2.11. The summed E-state index contributed by atoms with van der Waals surface area (Å²) in [7, 11) is 0. The molecular weight excluding hydrogens is 222 g/mol. The van der Waals surface area contributed by atoms with Crippen LogP contribution >= 0.6 is 0 Å². The third-order valence-electron chi connectivity index (χ3n) is 1.57. The zero-order chi connectivity index (χ0) is 13.5. The van der Waals surface area contributed by atoms with Gasteiger partial charge >= 0.3 is 12.1 Å². The lowest BCUT2D eigenvalue weighted by Gasteiger charge is -2.21. The number of carbonyl (C=O) groups is 2. The number of hydrogen-bond acceptors (Lipinski definition) is 4. The Hall–Kier alpha value is -1.52. The number of carbonyl (C=O) groups excluding carboxylic acids is 2. The molecule has 0 rings (SSSR count). The van der Waals surface area contributed by atoms with E-state index in [9.17, 15) is 9.59 Å². The van der Waals surface area contributed by atoms with E-state index in [1.54, 1.807) is 32.9 Å². The van der Waals surface area contributed by atoms with Gasteiger partial charge in [-0.15, -0.1) is 0 Å². The van der Waals surface area contributed by atoms with Gasteiger partial charge in [0.15, 0.2) is 0 Å². The molecule has 5 nitrogen and oxygen atoms in total. The number of nitrogens with one attached hydrogen (secondary N) is 1. The lowest BCUT2D eigenvalue weighted by molar-refractivity contribution is -0.144. The molecule has 0 aromatic rings. The van der Waals surface area contributed by atoms with Gasteiger partial charge in [-0.3, -0.25) is 4.79 Å². The van der Waals surface area contributed by atoms with Gasteiger partial charge in [-0.2, -0.15) is 0 Å². The van der Waals surface area contributed by atoms with Crippen molar-refractivity contribution in [3.05, 3.63) is 12.2 Å². The van der Waals surface area contributed by atoms with Crippen LogP contribution in [-0.4, -0.2) is 30.3 Å². The van der Waals surface area contributed by atoms with Gasteiger partial charge in [0.25, 0.3) is 0 Å². The minimum Gasteiger partial charge on any atom is -0.456 e. The second-order valence-corrected chi connectivity index (χ2v) is 4.56. The van der Waals surface area contributed by atoms with E-state index < -0.39 is 17.8 Å². The number of esters is 1. The van der Waals surface area contributed by atoms with E-state index >= 15 is 0 Å². The van der Waals surface area contributed by atoms with Gasteiger partial charge in [-0.25, -0.2) is 4.79 Å². The first-order chi connectivity index (χ1) is 7.74. The molecule has 0 heterocycles. The molecule has 17 heavy (non-hydrogen) atoms. The molecular formula is C12H21NO4. The smallest absolute Gasteiger partial charge is 0.407 e. The van der Waals surface area contributed by atoms with E-state index in [4.69, 9.17) is 9.47 Å². The molecule has 98 valence electrons. The molecule has 0 fully saturated rings. The molecule has 1 atom stereocenters. The predicted octanol–water partition coefficient (Wildman–Crippen LogP) is 2.02. The van der Waals surface area contributed by atoms with Gasteiger partial charge in [-0.1, -0.05) is 6.08 Å². The largest absolute Gasteiger partial charge is 0.456 e. The van der Waals surface area contributed by atoms with E-state index in [2.05, 4.69) is 5.32 Å².